The minimum atomic E-state index is -1.46. The fourth-order valence-corrected chi connectivity index (χ4v) is 4.98. The minimum Gasteiger partial charge on any atom is -0.490 e. The van der Waals surface area contributed by atoms with E-state index in [-0.39, 0.29) is 18.4 Å². The molecular weight excluding hydrogens is 460 g/mol. The molecule has 0 aromatic carbocycles. The summed E-state index contributed by atoms with van der Waals surface area (Å²) in [6, 6.07) is 3.02. The van der Waals surface area contributed by atoms with Crippen LogP contribution in [0.25, 0.3) is 0 Å². The van der Waals surface area contributed by atoms with Crippen molar-refractivity contribution in [3.05, 3.63) is 24.0 Å². The third-order valence-electron chi connectivity index (χ3n) is 6.57. The first-order valence-electron chi connectivity index (χ1n) is 13.2. The molecule has 1 saturated heterocycles. The van der Waals surface area contributed by atoms with Crippen molar-refractivity contribution in [2.75, 3.05) is 0 Å². The SMILES string of the molecule is CC(C)C[C@H](NC(=O)OC(C)(C)C)[C@]1(Cc2cc(OC3CCC(C)CC3)ccn2)OC(C)(C)OC1=O. The van der Waals surface area contributed by atoms with E-state index in [0.29, 0.717) is 12.1 Å². The van der Waals surface area contributed by atoms with Gasteiger partial charge in [0.15, 0.2) is 5.60 Å². The number of alkyl carbamates (subject to hydrolysis) is 1. The van der Waals surface area contributed by atoms with E-state index in [1.54, 1.807) is 40.8 Å². The fourth-order valence-electron chi connectivity index (χ4n) is 4.98. The van der Waals surface area contributed by atoms with Crippen LogP contribution in [0.4, 0.5) is 4.79 Å². The van der Waals surface area contributed by atoms with Crippen molar-refractivity contribution in [2.24, 2.45) is 11.8 Å². The lowest BCUT2D eigenvalue weighted by atomic mass is 9.84. The summed E-state index contributed by atoms with van der Waals surface area (Å²) < 4.78 is 23.7. The number of cyclic esters (lactones) is 1. The Morgan fingerprint density at radius 1 is 1.22 bits per heavy atom. The molecule has 0 spiro atoms. The number of esters is 1. The Labute approximate surface area is 215 Å². The smallest absolute Gasteiger partial charge is 0.407 e. The summed E-state index contributed by atoms with van der Waals surface area (Å²) in [5, 5.41) is 2.91. The van der Waals surface area contributed by atoms with E-state index in [0.717, 1.165) is 37.4 Å². The van der Waals surface area contributed by atoms with Gasteiger partial charge in [0.2, 0.25) is 5.79 Å². The number of nitrogens with zero attached hydrogens (tertiary/aromatic N) is 1. The Bertz CT molecular complexity index is 917. The average Bonchev–Trinajstić information content (AvgIpc) is 2.96. The molecule has 1 N–H and O–H groups in total. The first kappa shape index (κ1) is 28.2. The van der Waals surface area contributed by atoms with E-state index in [4.69, 9.17) is 18.9 Å². The van der Waals surface area contributed by atoms with Crippen molar-refractivity contribution in [1.82, 2.24) is 10.3 Å². The molecule has 1 aliphatic heterocycles. The van der Waals surface area contributed by atoms with Gasteiger partial charge >= 0.3 is 12.1 Å². The molecule has 3 rings (SSSR count). The Morgan fingerprint density at radius 2 is 1.89 bits per heavy atom. The Kier molecular flexibility index (Phi) is 8.59. The van der Waals surface area contributed by atoms with Gasteiger partial charge in [0, 0.05) is 38.2 Å². The van der Waals surface area contributed by atoms with E-state index in [2.05, 4.69) is 17.2 Å². The van der Waals surface area contributed by atoms with Gasteiger partial charge in [-0.2, -0.15) is 0 Å². The van der Waals surface area contributed by atoms with Crippen LogP contribution in [0.5, 0.6) is 5.75 Å². The number of hydrogen-bond acceptors (Lipinski definition) is 7. The van der Waals surface area contributed by atoms with Gasteiger partial charge in [-0.15, -0.1) is 0 Å². The third-order valence-corrected chi connectivity index (χ3v) is 6.57. The predicted molar refractivity (Wildman–Crippen MR) is 137 cm³/mol. The predicted octanol–water partition coefficient (Wildman–Crippen LogP) is 5.57. The monoisotopic (exact) mass is 504 g/mol. The average molecular weight is 505 g/mol. The molecule has 0 unspecified atom stereocenters. The second kappa shape index (κ2) is 11.0. The summed E-state index contributed by atoms with van der Waals surface area (Å²) in [6.07, 6.45) is 6.26. The van der Waals surface area contributed by atoms with Crippen LogP contribution in [0.2, 0.25) is 0 Å². The number of hydrogen-bond donors (Lipinski definition) is 1. The Morgan fingerprint density at radius 3 is 2.44 bits per heavy atom. The second-order valence-corrected chi connectivity index (χ2v) is 12.3. The molecule has 2 aliphatic rings. The van der Waals surface area contributed by atoms with Crippen LogP contribution in [0.3, 0.4) is 0 Å². The van der Waals surface area contributed by atoms with Gasteiger partial charge in [0.1, 0.15) is 11.4 Å². The maximum absolute atomic E-state index is 13.4. The van der Waals surface area contributed by atoms with Crippen LogP contribution in [0.1, 0.15) is 93.2 Å². The first-order chi connectivity index (χ1) is 16.7. The molecule has 2 atom stereocenters. The largest absolute Gasteiger partial charge is 0.490 e. The number of carbonyl (C=O) groups excluding carboxylic acids is 2. The highest BCUT2D eigenvalue weighted by atomic mass is 16.8. The van der Waals surface area contributed by atoms with Crippen LogP contribution in [0, 0.1) is 11.8 Å². The van der Waals surface area contributed by atoms with Crippen molar-refractivity contribution in [3.8, 4) is 5.75 Å². The molecule has 2 heterocycles. The van der Waals surface area contributed by atoms with Crippen molar-refractivity contribution in [1.29, 1.82) is 0 Å². The summed E-state index contributed by atoms with van der Waals surface area (Å²) in [6.45, 7) is 15.1. The number of carbonyl (C=O) groups is 2. The molecule has 1 aromatic rings. The molecule has 0 bridgehead atoms. The lowest BCUT2D eigenvalue weighted by Gasteiger charge is -2.36. The number of aromatic nitrogens is 1. The van der Waals surface area contributed by atoms with Gasteiger partial charge in [0.05, 0.1) is 12.1 Å². The van der Waals surface area contributed by atoms with Crippen LogP contribution in [-0.4, -0.2) is 46.2 Å². The number of nitrogens with one attached hydrogen (secondary N) is 1. The number of ether oxygens (including phenoxy) is 4. The summed E-state index contributed by atoms with van der Waals surface area (Å²) in [5.41, 5.74) is -1.51. The van der Waals surface area contributed by atoms with E-state index < -0.39 is 35.1 Å². The lowest BCUT2D eigenvalue weighted by molar-refractivity contribution is -0.170. The molecule has 1 amide bonds. The van der Waals surface area contributed by atoms with Gasteiger partial charge in [-0.1, -0.05) is 20.8 Å². The van der Waals surface area contributed by atoms with Gasteiger partial charge < -0.3 is 24.3 Å². The zero-order valence-electron chi connectivity index (χ0n) is 23.2. The topological polar surface area (TPSA) is 96.0 Å². The second-order valence-electron chi connectivity index (χ2n) is 12.3. The molecule has 1 saturated carbocycles. The van der Waals surface area contributed by atoms with Crippen LogP contribution < -0.4 is 10.1 Å². The van der Waals surface area contributed by atoms with Crippen molar-refractivity contribution >= 4 is 12.1 Å². The Hall–Kier alpha value is -2.35. The van der Waals surface area contributed by atoms with Gasteiger partial charge in [0.25, 0.3) is 0 Å². The quantitative estimate of drug-likeness (QED) is 0.462. The van der Waals surface area contributed by atoms with Crippen molar-refractivity contribution in [2.45, 2.75) is 123 Å². The minimum absolute atomic E-state index is 0.126. The van der Waals surface area contributed by atoms with E-state index in [1.165, 1.54) is 0 Å². The van der Waals surface area contributed by atoms with Gasteiger partial charge in [-0.25, -0.2) is 9.59 Å². The standard InChI is InChI=1S/C28H44N2O6/c1-18(2)15-23(30-25(32)35-26(4,5)6)28(24(31)34-27(7,8)36-28)17-20-16-22(13-14-29-20)33-21-11-9-19(3)10-12-21/h13-14,16,18-19,21,23H,9-12,15,17H2,1-8H3,(H,30,32)/t19?,21?,23-,28-/m0/s1. The summed E-state index contributed by atoms with van der Waals surface area (Å²) in [4.78, 5) is 30.8. The maximum atomic E-state index is 13.4. The molecule has 1 aromatic heterocycles. The van der Waals surface area contributed by atoms with Crippen molar-refractivity contribution in [3.63, 3.8) is 0 Å². The maximum Gasteiger partial charge on any atom is 0.407 e. The third kappa shape index (κ3) is 7.58. The molecule has 1 aliphatic carbocycles. The normalized spacial score (nSPS) is 26.9. The van der Waals surface area contributed by atoms with Crippen LogP contribution in [0.15, 0.2) is 18.3 Å². The van der Waals surface area contributed by atoms with E-state index >= 15 is 0 Å². The van der Waals surface area contributed by atoms with Crippen LogP contribution >= 0.6 is 0 Å². The highest BCUT2D eigenvalue weighted by molar-refractivity contribution is 5.84. The van der Waals surface area contributed by atoms with Gasteiger partial charge in [-0.05, 0) is 70.8 Å². The molecule has 8 heteroatoms. The number of pyridine rings is 1. The van der Waals surface area contributed by atoms with E-state index in [9.17, 15) is 9.59 Å². The summed E-state index contributed by atoms with van der Waals surface area (Å²) >= 11 is 0. The van der Waals surface area contributed by atoms with Crippen LogP contribution in [-0.2, 0) is 25.4 Å². The molecule has 0 radical (unpaired) electrons. The zero-order valence-corrected chi connectivity index (χ0v) is 23.2. The number of rotatable bonds is 8. The summed E-state index contributed by atoms with van der Waals surface area (Å²) in [7, 11) is 0. The zero-order chi connectivity index (χ0) is 26.7. The number of amides is 1. The highest BCUT2D eigenvalue weighted by Crippen LogP contribution is 2.39. The Balaban J connectivity index is 1.88. The van der Waals surface area contributed by atoms with E-state index in [1.807, 2.05) is 26.0 Å². The van der Waals surface area contributed by atoms with Gasteiger partial charge in [-0.3, -0.25) is 4.98 Å². The summed E-state index contributed by atoms with van der Waals surface area (Å²) in [5.74, 6) is -0.0425. The van der Waals surface area contributed by atoms with Crippen molar-refractivity contribution < 1.29 is 28.5 Å². The molecule has 36 heavy (non-hydrogen) atoms. The molecule has 202 valence electrons. The lowest BCUT2D eigenvalue weighted by Crippen LogP contribution is -2.59. The molecule has 8 nitrogen and oxygen atoms in total. The first-order valence-corrected chi connectivity index (χ1v) is 13.2. The molecule has 2 fully saturated rings. The fraction of sp³-hybridized carbons (Fsp3) is 0.750. The molecular formula is C28H44N2O6. The highest BCUT2D eigenvalue weighted by Gasteiger charge is 2.59.